The summed E-state index contributed by atoms with van der Waals surface area (Å²) in [5.41, 5.74) is 2.84. The molecule has 1 aliphatic rings. The van der Waals surface area contributed by atoms with E-state index >= 15 is 0 Å². The first-order chi connectivity index (χ1) is 11.2. The molecule has 23 heavy (non-hydrogen) atoms. The van der Waals surface area contributed by atoms with Gasteiger partial charge in [0.15, 0.2) is 0 Å². The lowest BCUT2D eigenvalue weighted by atomic mass is 10.1. The number of anilines is 1. The van der Waals surface area contributed by atoms with Crippen LogP contribution < -0.4 is 20.9 Å². The molecule has 0 bridgehead atoms. The molecule has 1 atom stereocenters. The van der Waals surface area contributed by atoms with Crippen molar-refractivity contribution in [1.29, 1.82) is 0 Å². The summed E-state index contributed by atoms with van der Waals surface area (Å²) < 4.78 is 5.72. The Bertz CT molecular complexity index is 701. The maximum atomic E-state index is 12.1. The van der Waals surface area contributed by atoms with E-state index in [4.69, 9.17) is 10.6 Å². The predicted molar refractivity (Wildman–Crippen MR) is 85.7 cm³/mol. The minimum atomic E-state index is -0.409. The molecule has 3 N–H and O–H groups in total. The van der Waals surface area contributed by atoms with Gasteiger partial charge in [-0.2, -0.15) is 0 Å². The molecule has 1 heterocycles. The van der Waals surface area contributed by atoms with E-state index < -0.39 is 5.92 Å². The third kappa shape index (κ3) is 3.32. The van der Waals surface area contributed by atoms with Crippen molar-refractivity contribution in [2.45, 2.75) is 6.42 Å². The summed E-state index contributed by atoms with van der Waals surface area (Å²) in [6, 6.07) is 16.7. The summed E-state index contributed by atoms with van der Waals surface area (Å²) in [5.74, 6) is 5.75. The number of hydrazine groups is 1. The Kier molecular flexibility index (Phi) is 4.25. The zero-order valence-electron chi connectivity index (χ0n) is 12.4. The normalized spacial score (nSPS) is 17.2. The van der Waals surface area contributed by atoms with E-state index in [1.165, 1.54) is 0 Å². The molecule has 0 aliphatic carbocycles. The zero-order chi connectivity index (χ0) is 16.2. The number of nitrogens with zero attached hydrogens (tertiary/aromatic N) is 1. The summed E-state index contributed by atoms with van der Waals surface area (Å²) in [4.78, 5) is 25.2. The summed E-state index contributed by atoms with van der Waals surface area (Å²) in [6.45, 7) is 0.334. The van der Waals surface area contributed by atoms with Gasteiger partial charge in [-0.3, -0.25) is 15.0 Å². The molecule has 0 aromatic heterocycles. The van der Waals surface area contributed by atoms with Crippen molar-refractivity contribution in [3.63, 3.8) is 0 Å². The fourth-order valence-corrected chi connectivity index (χ4v) is 2.57. The van der Waals surface area contributed by atoms with Crippen LogP contribution in [0, 0.1) is 5.92 Å². The molecule has 2 amide bonds. The molecule has 0 spiro atoms. The van der Waals surface area contributed by atoms with Gasteiger partial charge < -0.3 is 9.64 Å². The largest absolute Gasteiger partial charge is 0.457 e. The Morgan fingerprint density at radius 1 is 1.09 bits per heavy atom. The highest BCUT2D eigenvalue weighted by atomic mass is 16.5. The maximum Gasteiger partial charge on any atom is 0.239 e. The SMILES string of the molecule is NNC(=O)C1CC(=O)N(c2ccc(Oc3ccccc3)cc2)C1. The van der Waals surface area contributed by atoms with Gasteiger partial charge in [-0.25, -0.2) is 5.84 Å². The summed E-state index contributed by atoms with van der Waals surface area (Å²) >= 11 is 0. The van der Waals surface area contributed by atoms with Crippen LogP contribution in [-0.4, -0.2) is 18.4 Å². The highest BCUT2D eigenvalue weighted by molar-refractivity contribution is 6.00. The lowest BCUT2D eigenvalue weighted by molar-refractivity contribution is -0.126. The van der Waals surface area contributed by atoms with E-state index in [9.17, 15) is 9.59 Å². The van der Waals surface area contributed by atoms with Crippen molar-refractivity contribution in [3.8, 4) is 11.5 Å². The van der Waals surface area contributed by atoms with E-state index in [2.05, 4.69) is 5.43 Å². The molecule has 1 fully saturated rings. The van der Waals surface area contributed by atoms with E-state index in [1.807, 2.05) is 30.3 Å². The van der Waals surface area contributed by atoms with Gasteiger partial charge in [-0.15, -0.1) is 0 Å². The van der Waals surface area contributed by atoms with Crippen molar-refractivity contribution in [2.75, 3.05) is 11.4 Å². The fourth-order valence-electron chi connectivity index (χ4n) is 2.57. The molecule has 1 saturated heterocycles. The quantitative estimate of drug-likeness (QED) is 0.512. The average Bonchev–Trinajstić information content (AvgIpc) is 2.98. The van der Waals surface area contributed by atoms with Gasteiger partial charge in [-0.1, -0.05) is 18.2 Å². The molecule has 1 unspecified atom stereocenters. The molecule has 6 nitrogen and oxygen atoms in total. The molecule has 2 aromatic carbocycles. The van der Waals surface area contributed by atoms with Gasteiger partial charge in [-0.05, 0) is 36.4 Å². The van der Waals surface area contributed by atoms with Gasteiger partial charge in [0.1, 0.15) is 11.5 Å². The first kappa shape index (κ1) is 15.1. The van der Waals surface area contributed by atoms with Crippen molar-refractivity contribution in [3.05, 3.63) is 54.6 Å². The number of hydrogen-bond donors (Lipinski definition) is 2. The smallest absolute Gasteiger partial charge is 0.239 e. The molecule has 0 saturated carbocycles. The number of rotatable bonds is 4. The van der Waals surface area contributed by atoms with Crippen LogP contribution in [0.15, 0.2) is 54.6 Å². The van der Waals surface area contributed by atoms with Gasteiger partial charge in [0.05, 0.1) is 5.92 Å². The zero-order valence-corrected chi connectivity index (χ0v) is 12.4. The molecule has 6 heteroatoms. The molecule has 1 aliphatic heterocycles. The van der Waals surface area contributed by atoms with Crippen LogP contribution in [0.4, 0.5) is 5.69 Å². The number of amides is 2. The minimum absolute atomic E-state index is 0.0877. The standard InChI is InChI=1S/C17H17N3O3/c18-19-17(22)12-10-16(21)20(11-12)13-6-8-15(9-7-13)23-14-4-2-1-3-5-14/h1-9,12H,10-11,18H2,(H,19,22). The lowest BCUT2D eigenvalue weighted by Crippen LogP contribution is -2.37. The van der Waals surface area contributed by atoms with E-state index in [0.717, 1.165) is 11.4 Å². The Labute approximate surface area is 133 Å². The molecule has 0 radical (unpaired) electrons. The number of benzene rings is 2. The lowest BCUT2D eigenvalue weighted by Gasteiger charge is -2.17. The molecule has 3 rings (SSSR count). The van der Waals surface area contributed by atoms with Crippen molar-refractivity contribution in [1.82, 2.24) is 5.43 Å². The molecular formula is C17H17N3O3. The molecule has 2 aromatic rings. The minimum Gasteiger partial charge on any atom is -0.457 e. The number of hydrogen-bond acceptors (Lipinski definition) is 4. The third-order valence-corrected chi connectivity index (χ3v) is 3.77. The Balaban J connectivity index is 1.70. The maximum absolute atomic E-state index is 12.1. The third-order valence-electron chi connectivity index (χ3n) is 3.77. The molecular weight excluding hydrogens is 294 g/mol. The second-order valence-corrected chi connectivity index (χ2v) is 5.32. The van der Waals surface area contributed by atoms with Crippen molar-refractivity contribution in [2.24, 2.45) is 11.8 Å². The number of carbonyl (C=O) groups excluding carboxylic acids is 2. The fraction of sp³-hybridized carbons (Fsp3) is 0.176. The number of carbonyl (C=O) groups is 2. The second kappa shape index (κ2) is 6.50. The van der Waals surface area contributed by atoms with Crippen molar-refractivity contribution < 1.29 is 14.3 Å². The van der Waals surface area contributed by atoms with Crippen molar-refractivity contribution >= 4 is 17.5 Å². The van der Waals surface area contributed by atoms with Crippen LogP contribution in [0.1, 0.15) is 6.42 Å². The van der Waals surface area contributed by atoms with Crippen LogP contribution in [0.3, 0.4) is 0 Å². The van der Waals surface area contributed by atoms with Gasteiger partial charge >= 0.3 is 0 Å². The van der Waals surface area contributed by atoms with Gasteiger partial charge in [0, 0.05) is 18.7 Å². The van der Waals surface area contributed by atoms with Crippen LogP contribution in [0.25, 0.3) is 0 Å². The highest BCUT2D eigenvalue weighted by Gasteiger charge is 2.34. The Morgan fingerprint density at radius 3 is 2.39 bits per heavy atom. The first-order valence-corrected chi connectivity index (χ1v) is 7.31. The number of nitrogens with two attached hydrogens (primary N) is 1. The topological polar surface area (TPSA) is 84.7 Å². The van der Waals surface area contributed by atoms with Gasteiger partial charge in [0.25, 0.3) is 0 Å². The van der Waals surface area contributed by atoms with Crippen LogP contribution in [-0.2, 0) is 9.59 Å². The van der Waals surface area contributed by atoms with Crippen LogP contribution in [0.5, 0.6) is 11.5 Å². The van der Waals surface area contributed by atoms with Crippen LogP contribution in [0.2, 0.25) is 0 Å². The Morgan fingerprint density at radius 2 is 1.74 bits per heavy atom. The predicted octanol–water partition coefficient (Wildman–Crippen LogP) is 1.82. The number of para-hydroxylation sites is 1. The van der Waals surface area contributed by atoms with E-state index in [1.54, 1.807) is 29.2 Å². The first-order valence-electron chi connectivity index (χ1n) is 7.31. The number of nitrogens with one attached hydrogen (secondary N) is 1. The van der Waals surface area contributed by atoms with E-state index in [0.29, 0.717) is 12.3 Å². The average molecular weight is 311 g/mol. The highest BCUT2D eigenvalue weighted by Crippen LogP contribution is 2.28. The summed E-state index contributed by atoms with van der Waals surface area (Å²) in [6.07, 6.45) is 0.172. The van der Waals surface area contributed by atoms with Gasteiger partial charge in [0.2, 0.25) is 11.8 Å². The second-order valence-electron chi connectivity index (χ2n) is 5.32. The van der Waals surface area contributed by atoms with E-state index in [-0.39, 0.29) is 18.2 Å². The monoisotopic (exact) mass is 311 g/mol. The summed E-state index contributed by atoms with van der Waals surface area (Å²) in [5, 5.41) is 0. The summed E-state index contributed by atoms with van der Waals surface area (Å²) in [7, 11) is 0. The Hall–Kier alpha value is -2.86. The van der Waals surface area contributed by atoms with Crippen LogP contribution >= 0.6 is 0 Å². The number of ether oxygens (including phenoxy) is 1. The molecule has 118 valence electrons.